The van der Waals surface area contributed by atoms with Crippen molar-refractivity contribution < 1.29 is 0 Å². The van der Waals surface area contributed by atoms with Crippen LogP contribution in [0.25, 0.3) is 0 Å². The maximum absolute atomic E-state index is 4.18. The minimum absolute atomic E-state index is 0.303. The van der Waals surface area contributed by atoms with Crippen molar-refractivity contribution in [3.05, 3.63) is 0 Å². The van der Waals surface area contributed by atoms with E-state index < -0.39 is 0 Å². The van der Waals surface area contributed by atoms with E-state index in [9.17, 15) is 0 Å². The zero-order valence-electron chi connectivity index (χ0n) is 5.83. The van der Waals surface area contributed by atoms with E-state index in [2.05, 4.69) is 57.7 Å². The summed E-state index contributed by atoms with van der Waals surface area (Å²) in [4.78, 5) is 0. The summed E-state index contributed by atoms with van der Waals surface area (Å²) < 4.78 is 2.20. The van der Waals surface area contributed by atoms with Crippen molar-refractivity contribution >= 4 is 45.1 Å². The number of nitrogens with zero attached hydrogens (tertiary/aromatic N) is 3. The van der Waals surface area contributed by atoms with Gasteiger partial charge in [-0.25, -0.2) is 0 Å². The maximum Gasteiger partial charge on any atom is 0.181 e. The van der Waals surface area contributed by atoms with Gasteiger partial charge in [-0.15, -0.1) is 0 Å². The Kier molecular flexibility index (Phi) is 2.79. The van der Waals surface area contributed by atoms with E-state index in [0.717, 1.165) is 0 Å². The largest absolute Gasteiger partial charge is 0.265 e. The molecule has 5 heteroatoms. The number of rotatable bonds is 1. The van der Waals surface area contributed by atoms with Crippen LogP contribution < -0.4 is 0 Å². The SMILES string of the molecule is CC(C)N1N=CN(Br)C1I. The Morgan fingerprint density at radius 2 is 2.30 bits per heavy atom. The molecule has 0 saturated heterocycles. The highest BCUT2D eigenvalue weighted by Gasteiger charge is 2.24. The second-order valence-electron chi connectivity index (χ2n) is 2.36. The lowest BCUT2D eigenvalue weighted by Crippen LogP contribution is -2.33. The molecule has 0 amide bonds. The summed E-state index contributed by atoms with van der Waals surface area (Å²) in [5.74, 6) is 0. The lowest BCUT2D eigenvalue weighted by molar-refractivity contribution is 0.216. The number of hydrogen-bond acceptors (Lipinski definition) is 3. The third-order valence-corrected chi connectivity index (χ3v) is 3.75. The van der Waals surface area contributed by atoms with Gasteiger partial charge >= 0.3 is 0 Å². The molecule has 3 nitrogen and oxygen atoms in total. The van der Waals surface area contributed by atoms with Crippen molar-refractivity contribution in [2.75, 3.05) is 0 Å². The van der Waals surface area contributed by atoms with Gasteiger partial charge in [-0.1, -0.05) is 0 Å². The van der Waals surface area contributed by atoms with E-state index in [-0.39, 0.29) is 0 Å². The first-order valence-corrected chi connectivity index (χ1v) is 4.99. The van der Waals surface area contributed by atoms with Gasteiger partial charge in [0, 0.05) is 6.04 Å². The Labute approximate surface area is 82.9 Å². The Hall–Kier alpha value is 0.480. The first-order valence-electron chi connectivity index (χ1n) is 3.03. The molecule has 0 fully saturated rings. The van der Waals surface area contributed by atoms with E-state index in [1.165, 1.54) is 0 Å². The molecule has 1 heterocycles. The number of halogens is 2. The second kappa shape index (κ2) is 3.25. The summed E-state index contributed by atoms with van der Waals surface area (Å²) in [7, 11) is 0. The molecule has 0 bridgehead atoms. The first-order chi connectivity index (χ1) is 4.63. The molecule has 0 saturated carbocycles. The van der Waals surface area contributed by atoms with Crippen molar-refractivity contribution in [2.24, 2.45) is 5.10 Å². The molecule has 0 N–H and O–H groups in total. The molecule has 0 spiro atoms. The smallest absolute Gasteiger partial charge is 0.181 e. The van der Waals surface area contributed by atoms with Crippen molar-refractivity contribution in [3.63, 3.8) is 0 Å². The van der Waals surface area contributed by atoms with Crippen LogP contribution in [-0.2, 0) is 0 Å². The van der Waals surface area contributed by atoms with Crippen LogP contribution in [0, 0.1) is 0 Å². The molecule has 1 aliphatic rings. The quantitative estimate of drug-likeness (QED) is 0.319. The summed E-state index contributed by atoms with van der Waals surface area (Å²) >= 11 is 5.66. The summed E-state index contributed by atoms with van der Waals surface area (Å²) in [6, 6.07) is 0.459. The molecular formula is C5H9BrIN3. The summed E-state index contributed by atoms with van der Waals surface area (Å²) in [5.41, 5.74) is 0. The normalized spacial score (nSPS) is 25.1. The Morgan fingerprint density at radius 1 is 1.70 bits per heavy atom. The maximum atomic E-state index is 4.18. The highest BCUT2D eigenvalue weighted by molar-refractivity contribution is 14.1. The zero-order valence-corrected chi connectivity index (χ0v) is 9.57. The van der Waals surface area contributed by atoms with Crippen molar-refractivity contribution in [1.29, 1.82) is 0 Å². The predicted molar refractivity (Wildman–Crippen MR) is 54.0 cm³/mol. The minimum atomic E-state index is 0.303. The number of hydrogen-bond donors (Lipinski definition) is 0. The molecule has 1 atom stereocenters. The van der Waals surface area contributed by atoms with Crippen molar-refractivity contribution in [2.45, 2.75) is 24.1 Å². The summed E-state index contributed by atoms with van der Waals surface area (Å²) in [5, 5.41) is 6.20. The lowest BCUT2D eigenvalue weighted by atomic mass is 10.4. The van der Waals surface area contributed by atoms with E-state index in [4.69, 9.17) is 0 Å². The third kappa shape index (κ3) is 1.55. The van der Waals surface area contributed by atoms with Gasteiger partial charge in [0.05, 0.1) is 16.1 Å². The van der Waals surface area contributed by atoms with Crippen molar-refractivity contribution in [3.8, 4) is 0 Å². The highest BCUT2D eigenvalue weighted by Crippen LogP contribution is 2.23. The third-order valence-electron chi connectivity index (χ3n) is 1.25. The molecule has 0 aromatic heterocycles. The Balaban J connectivity index is 2.58. The molecule has 0 aromatic rings. The molecule has 1 rings (SSSR count). The standard InChI is InChI=1S/C5H9BrIN3/c1-4(2)10-5(7)9(6)3-8-10/h3-5H,1-2H3. The van der Waals surface area contributed by atoms with Crippen LogP contribution in [0.2, 0.25) is 0 Å². The monoisotopic (exact) mass is 317 g/mol. The van der Waals surface area contributed by atoms with Crippen LogP contribution in [0.1, 0.15) is 13.8 Å². The van der Waals surface area contributed by atoms with Gasteiger partial charge in [0.25, 0.3) is 0 Å². The van der Waals surface area contributed by atoms with Crippen LogP contribution in [0.4, 0.5) is 0 Å². The molecule has 58 valence electrons. The fourth-order valence-corrected chi connectivity index (χ4v) is 1.91. The minimum Gasteiger partial charge on any atom is -0.265 e. The molecular weight excluding hydrogens is 309 g/mol. The predicted octanol–water partition coefficient (Wildman–Crippen LogP) is 1.98. The number of alkyl halides is 1. The van der Waals surface area contributed by atoms with Crippen LogP contribution in [0.5, 0.6) is 0 Å². The van der Waals surface area contributed by atoms with Gasteiger partial charge in [0.15, 0.2) is 4.17 Å². The Morgan fingerprint density at radius 3 is 2.50 bits per heavy atom. The van der Waals surface area contributed by atoms with Gasteiger partial charge in [-0.2, -0.15) is 5.10 Å². The highest BCUT2D eigenvalue weighted by atomic mass is 127. The van der Waals surface area contributed by atoms with Gasteiger partial charge < -0.3 is 0 Å². The van der Waals surface area contributed by atoms with Gasteiger partial charge in [0.1, 0.15) is 6.34 Å². The van der Waals surface area contributed by atoms with Crippen LogP contribution in [0.15, 0.2) is 5.10 Å². The van der Waals surface area contributed by atoms with E-state index >= 15 is 0 Å². The summed E-state index contributed by atoms with van der Waals surface area (Å²) in [6.45, 7) is 4.24. The Bertz CT molecular complexity index is 150. The van der Waals surface area contributed by atoms with Crippen LogP contribution in [-0.4, -0.2) is 25.5 Å². The van der Waals surface area contributed by atoms with Gasteiger partial charge in [0.2, 0.25) is 0 Å². The van der Waals surface area contributed by atoms with Gasteiger partial charge in [-0.05, 0) is 36.4 Å². The summed E-state index contributed by atoms with van der Waals surface area (Å²) in [6.07, 6.45) is 1.77. The average Bonchev–Trinajstić information content (AvgIpc) is 2.14. The zero-order chi connectivity index (χ0) is 7.72. The topological polar surface area (TPSA) is 18.8 Å². The van der Waals surface area contributed by atoms with E-state index in [0.29, 0.717) is 10.2 Å². The molecule has 1 aliphatic heterocycles. The fourth-order valence-electron chi connectivity index (χ4n) is 0.711. The van der Waals surface area contributed by atoms with Crippen molar-refractivity contribution in [1.82, 2.24) is 8.93 Å². The molecule has 0 aliphatic carbocycles. The van der Waals surface area contributed by atoms with E-state index in [1.807, 2.05) is 8.93 Å². The molecule has 0 aromatic carbocycles. The second-order valence-corrected chi connectivity index (χ2v) is 4.29. The first kappa shape index (κ1) is 8.58. The molecule has 1 unspecified atom stereocenters. The lowest BCUT2D eigenvalue weighted by Gasteiger charge is -2.24. The fraction of sp³-hybridized carbons (Fsp3) is 0.800. The van der Waals surface area contributed by atoms with Crippen LogP contribution >= 0.6 is 38.7 Å². The molecule has 10 heavy (non-hydrogen) atoms. The molecule has 0 radical (unpaired) electrons. The number of hydrazone groups is 1. The van der Waals surface area contributed by atoms with Gasteiger partial charge in [-0.3, -0.25) is 8.93 Å². The van der Waals surface area contributed by atoms with Crippen LogP contribution in [0.3, 0.4) is 0 Å². The average molecular weight is 318 g/mol. The van der Waals surface area contributed by atoms with E-state index in [1.54, 1.807) is 6.34 Å².